The molecule has 6 rings (SSSR count). The van der Waals surface area contributed by atoms with Gasteiger partial charge >= 0.3 is 0 Å². The Hall–Kier alpha value is -4.40. The Bertz CT molecular complexity index is 1550. The molecule has 1 amide bonds. The van der Waals surface area contributed by atoms with E-state index >= 15 is 0 Å². The zero-order valence-corrected chi connectivity index (χ0v) is 19.5. The number of pyridine rings is 2. The number of fused-ring (bicyclic) bond motifs is 1. The number of nitrogens with one attached hydrogen (secondary N) is 1. The summed E-state index contributed by atoms with van der Waals surface area (Å²) >= 11 is 0. The second kappa shape index (κ2) is 8.43. The Morgan fingerprint density at radius 2 is 1.97 bits per heavy atom. The first kappa shape index (κ1) is 21.2. The van der Waals surface area contributed by atoms with Crippen molar-refractivity contribution in [3.63, 3.8) is 0 Å². The van der Waals surface area contributed by atoms with Crippen LogP contribution >= 0.6 is 0 Å². The summed E-state index contributed by atoms with van der Waals surface area (Å²) in [5.74, 6) is 0.892. The number of carbonyl (C=O) groups excluding carboxylic acids is 1. The van der Waals surface area contributed by atoms with Gasteiger partial charge in [0.05, 0.1) is 17.3 Å². The van der Waals surface area contributed by atoms with Crippen LogP contribution in [0.15, 0.2) is 67.4 Å². The summed E-state index contributed by atoms with van der Waals surface area (Å²) in [5.41, 5.74) is 4.01. The summed E-state index contributed by atoms with van der Waals surface area (Å²) in [7, 11) is 0. The second-order valence-corrected chi connectivity index (χ2v) is 9.09. The molecule has 0 aliphatic heterocycles. The van der Waals surface area contributed by atoms with Crippen LogP contribution in [0.5, 0.6) is 0 Å². The van der Waals surface area contributed by atoms with Crippen molar-refractivity contribution in [1.29, 1.82) is 0 Å². The standard InChI is InChI=1S/C26H24N8O/c1-16(2)34-14-20(13-29-34)17-6-9-22-18(10-17)11-19(12-27-22)26(35)31-24-5-3-4-23(30-24)25-32-28-15-33(25)21-7-8-21/h3-6,9-16,21H,7-8H2,1-2H3,(H,30,31,35). The summed E-state index contributed by atoms with van der Waals surface area (Å²) in [6, 6.07) is 14.1. The van der Waals surface area contributed by atoms with E-state index in [9.17, 15) is 4.79 Å². The van der Waals surface area contributed by atoms with Gasteiger partial charge in [-0.3, -0.25) is 14.5 Å². The molecule has 9 heteroatoms. The highest BCUT2D eigenvalue weighted by Crippen LogP contribution is 2.37. The van der Waals surface area contributed by atoms with Crippen LogP contribution in [0.3, 0.4) is 0 Å². The average Bonchev–Trinajstić information content (AvgIpc) is 3.38. The molecule has 0 radical (unpaired) electrons. The molecule has 4 aromatic heterocycles. The molecular formula is C26H24N8O. The van der Waals surface area contributed by atoms with Crippen LogP contribution in [0.1, 0.15) is 49.1 Å². The van der Waals surface area contributed by atoms with Crippen molar-refractivity contribution < 1.29 is 4.79 Å². The summed E-state index contributed by atoms with van der Waals surface area (Å²) in [6.07, 6.45) is 9.45. The highest BCUT2D eigenvalue weighted by atomic mass is 16.1. The molecule has 35 heavy (non-hydrogen) atoms. The lowest BCUT2D eigenvalue weighted by molar-refractivity contribution is 0.102. The third-order valence-electron chi connectivity index (χ3n) is 6.14. The molecule has 1 N–H and O–H groups in total. The van der Waals surface area contributed by atoms with Gasteiger partial charge in [0.25, 0.3) is 5.91 Å². The van der Waals surface area contributed by atoms with Gasteiger partial charge in [-0.25, -0.2) is 4.98 Å². The first-order valence-corrected chi connectivity index (χ1v) is 11.7. The minimum atomic E-state index is -0.272. The van der Waals surface area contributed by atoms with E-state index in [0.717, 1.165) is 34.9 Å². The van der Waals surface area contributed by atoms with Gasteiger partial charge in [-0.1, -0.05) is 12.1 Å². The molecule has 1 aliphatic rings. The van der Waals surface area contributed by atoms with Gasteiger partial charge in [0, 0.05) is 35.4 Å². The number of aromatic nitrogens is 7. The molecule has 0 spiro atoms. The molecule has 0 saturated heterocycles. The van der Waals surface area contributed by atoms with Crippen molar-refractivity contribution in [2.75, 3.05) is 5.32 Å². The van der Waals surface area contributed by atoms with Gasteiger partial charge in [-0.05, 0) is 62.6 Å². The highest BCUT2D eigenvalue weighted by molar-refractivity contribution is 6.05. The lowest BCUT2D eigenvalue weighted by Gasteiger charge is -2.08. The largest absolute Gasteiger partial charge is 0.309 e. The Labute approximate surface area is 201 Å². The molecule has 174 valence electrons. The molecular weight excluding hydrogens is 440 g/mol. The van der Waals surface area contributed by atoms with Crippen molar-refractivity contribution in [3.8, 4) is 22.6 Å². The number of hydrogen-bond donors (Lipinski definition) is 1. The fourth-order valence-corrected chi connectivity index (χ4v) is 4.07. The van der Waals surface area contributed by atoms with Crippen LogP contribution < -0.4 is 5.32 Å². The maximum atomic E-state index is 13.0. The van der Waals surface area contributed by atoms with E-state index in [-0.39, 0.29) is 5.91 Å². The number of anilines is 1. The fourth-order valence-electron chi connectivity index (χ4n) is 4.07. The maximum absolute atomic E-state index is 13.0. The van der Waals surface area contributed by atoms with E-state index in [1.165, 1.54) is 0 Å². The summed E-state index contributed by atoms with van der Waals surface area (Å²) in [5, 5.41) is 16.5. The number of amides is 1. The molecule has 4 heterocycles. The molecule has 5 aromatic rings. The Kier molecular flexibility index (Phi) is 5.09. The summed E-state index contributed by atoms with van der Waals surface area (Å²) in [6.45, 7) is 4.18. The monoisotopic (exact) mass is 464 g/mol. The van der Waals surface area contributed by atoms with Gasteiger partial charge < -0.3 is 9.88 Å². The van der Waals surface area contributed by atoms with Crippen molar-refractivity contribution >= 4 is 22.6 Å². The zero-order chi connectivity index (χ0) is 23.9. The van der Waals surface area contributed by atoms with Gasteiger partial charge in [0.2, 0.25) is 0 Å². The van der Waals surface area contributed by atoms with Gasteiger partial charge in [-0.15, -0.1) is 10.2 Å². The number of hydrogen-bond acceptors (Lipinski definition) is 6. The van der Waals surface area contributed by atoms with Crippen molar-refractivity contribution in [2.45, 2.75) is 38.8 Å². The molecule has 9 nitrogen and oxygen atoms in total. The number of rotatable bonds is 6. The van der Waals surface area contributed by atoms with E-state index in [4.69, 9.17) is 0 Å². The van der Waals surface area contributed by atoms with Gasteiger partial charge in [-0.2, -0.15) is 5.10 Å². The first-order chi connectivity index (χ1) is 17.0. The van der Waals surface area contributed by atoms with Crippen LogP contribution in [-0.4, -0.2) is 40.4 Å². The normalized spacial score (nSPS) is 13.5. The predicted octanol–water partition coefficient (Wildman–Crippen LogP) is 4.92. The van der Waals surface area contributed by atoms with Crippen molar-refractivity contribution in [2.24, 2.45) is 0 Å². The lowest BCUT2D eigenvalue weighted by Crippen LogP contribution is -2.13. The number of benzene rings is 1. The predicted molar refractivity (Wildman–Crippen MR) is 133 cm³/mol. The number of nitrogens with zero attached hydrogens (tertiary/aromatic N) is 7. The van der Waals surface area contributed by atoms with E-state index in [1.807, 2.05) is 58.0 Å². The Balaban J connectivity index is 1.25. The van der Waals surface area contributed by atoms with E-state index < -0.39 is 0 Å². The molecule has 1 aliphatic carbocycles. The third-order valence-corrected chi connectivity index (χ3v) is 6.14. The van der Waals surface area contributed by atoms with E-state index in [1.54, 1.807) is 18.6 Å². The third kappa shape index (κ3) is 4.16. The van der Waals surface area contributed by atoms with Crippen molar-refractivity contribution in [1.82, 2.24) is 34.5 Å². The minimum Gasteiger partial charge on any atom is -0.309 e. The molecule has 1 fully saturated rings. The number of carbonyl (C=O) groups is 1. The van der Waals surface area contributed by atoms with Crippen LogP contribution in [0, 0.1) is 0 Å². The maximum Gasteiger partial charge on any atom is 0.258 e. The topological polar surface area (TPSA) is 103 Å². The summed E-state index contributed by atoms with van der Waals surface area (Å²) < 4.78 is 3.97. The first-order valence-electron chi connectivity index (χ1n) is 11.7. The van der Waals surface area contributed by atoms with Crippen LogP contribution in [0.4, 0.5) is 5.82 Å². The summed E-state index contributed by atoms with van der Waals surface area (Å²) in [4.78, 5) is 22.1. The van der Waals surface area contributed by atoms with E-state index in [0.29, 0.717) is 35.0 Å². The lowest BCUT2D eigenvalue weighted by atomic mass is 10.1. The SMILES string of the molecule is CC(C)n1cc(-c2ccc3ncc(C(=O)Nc4cccc(-c5nncn5C5CC5)n4)cc3c2)cn1. The molecule has 1 saturated carbocycles. The quantitative estimate of drug-likeness (QED) is 0.383. The molecule has 0 atom stereocenters. The van der Waals surface area contributed by atoms with Crippen LogP contribution in [0.2, 0.25) is 0 Å². The highest BCUT2D eigenvalue weighted by Gasteiger charge is 2.27. The Morgan fingerprint density at radius 3 is 2.77 bits per heavy atom. The zero-order valence-electron chi connectivity index (χ0n) is 19.5. The van der Waals surface area contributed by atoms with Gasteiger partial charge in [0.1, 0.15) is 17.8 Å². The second-order valence-electron chi connectivity index (χ2n) is 9.09. The Morgan fingerprint density at radius 1 is 1.09 bits per heavy atom. The average molecular weight is 465 g/mol. The molecule has 0 unspecified atom stereocenters. The smallest absolute Gasteiger partial charge is 0.258 e. The van der Waals surface area contributed by atoms with Crippen LogP contribution in [0.25, 0.3) is 33.5 Å². The molecule has 1 aromatic carbocycles. The van der Waals surface area contributed by atoms with Gasteiger partial charge in [0.15, 0.2) is 5.82 Å². The van der Waals surface area contributed by atoms with Crippen molar-refractivity contribution in [3.05, 3.63) is 72.9 Å². The van der Waals surface area contributed by atoms with E-state index in [2.05, 4.69) is 44.4 Å². The molecule has 0 bridgehead atoms. The minimum absolute atomic E-state index is 0.272. The van der Waals surface area contributed by atoms with Crippen LogP contribution in [-0.2, 0) is 0 Å². The fraction of sp³-hybridized carbons (Fsp3) is 0.231.